The largest absolute Gasteiger partial charge is 0.314 e. The van der Waals surface area contributed by atoms with E-state index in [4.69, 9.17) is 0 Å². The Balaban J connectivity index is 2.18. The third-order valence-electron chi connectivity index (χ3n) is 3.09. The maximum Gasteiger partial charge on any atom is 0.273 e. The SMILES string of the molecule is Cc1c(-c2nnc(CCNC(C)C)s2)cccc1[N+](=O)[O-]. The predicted molar refractivity (Wildman–Crippen MR) is 83.6 cm³/mol. The van der Waals surface area contributed by atoms with Crippen LogP contribution < -0.4 is 5.32 Å². The van der Waals surface area contributed by atoms with Crippen LogP contribution in [0, 0.1) is 17.0 Å². The van der Waals surface area contributed by atoms with Crippen molar-refractivity contribution in [3.63, 3.8) is 0 Å². The third kappa shape index (κ3) is 3.83. The van der Waals surface area contributed by atoms with Gasteiger partial charge in [-0.3, -0.25) is 10.1 Å². The number of aromatic nitrogens is 2. The molecule has 6 nitrogen and oxygen atoms in total. The second-order valence-electron chi connectivity index (χ2n) is 5.07. The highest BCUT2D eigenvalue weighted by Crippen LogP contribution is 2.31. The molecule has 0 fully saturated rings. The van der Waals surface area contributed by atoms with Gasteiger partial charge in [-0.25, -0.2) is 0 Å². The van der Waals surface area contributed by atoms with E-state index in [1.54, 1.807) is 13.0 Å². The Kier molecular flexibility index (Phi) is 4.98. The molecular formula is C14H18N4O2S. The molecular weight excluding hydrogens is 288 g/mol. The molecule has 1 heterocycles. The lowest BCUT2D eigenvalue weighted by Crippen LogP contribution is -2.24. The summed E-state index contributed by atoms with van der Waals surface area (Å²) in [5.41, 5.74) is 1.53. The fourth-order valence-electron chi connectivity index (χ4n) is 1.98. The quantitative estimate of drug-likeness (QED) is 0.655. The average Bonchev–Trinajstić information content (AvgIpc) is 2.86. The van der Waals surface area contributed by atoms with Crippen molar-refractivity contribution in [3.05, 3.63) is 38.9 Å². The van der Waals surface area contributed by atoms with Crippen molar-refractivity contribution in [3.8, 4) is 10.6 Å². The van der Waals surface area contributed by atoms with E-state index < -0.39 is 0 Å². The summed E-state index contributed by atoms with van der Waals surface area (Å²) >= 11 is 1.49. The number of hydrogen-bond acceptors (Lipinski definition) is 6. The highest BCUT2D eigenvalue weighted by atomic mass is 32.1. The minimum absolute atomic E-state index is 0.116. The number of nitro benzene ring substituents is 1. The molecule has 0 atom stereocenters. The molecule has 0 radical (unpaired) electrons. The van der Waals surface area contributed by atoms with Crippen molar-refractivity contribution < 1.29 is 4.92 Å². The van der Waals surface area contributed by atoms with Crippen molar-refractivity contribution in [2.75, 3.05) is 6.54 Å². The smallest absolute Gasteiger partial charge is 0.273 e. The highest BCUT2D eigenvalue weighted by Gasteiger charge is 2.17. The Bertz CT molecular complexity index is 640. The van der Waals surface area contributed by atoms with Gasteiger partial charge in [0.25, 0.3) is 5.69 Å². The van der Waals surface area contributed by atoms with Gasteiger partial charge in [-0.15, -0.1) is 10.2 Å². The molecule has 1 aromatic carbocycles. The molecule has 21 heavy (non-hydrogen) atoms. The summed E-state index contributed by atoms with van der Waals surface area (Å²) in [5, 5.41) is 24.3. The van der Waals surface area contributed by atoms with E-state index in [-0.39, 0.29) is 10.6 Å². The second kappa shape index (κ2) is 6.73. The first kappa shape index (κ1) is 15.5. The standard InChI is InChI=1S/C14H18N4O2S/c1-9(2)15-8-7-13-16-17-14(21-13)11-5-4-6-12(10(11)3)18(19)20/h4-6,9,15H,7-8H2,1-3H3. The van der Waals surface area contributed by atoms with Gasteiger partial charge in [0.2, 0.25) is 0 Å². The molecule has 0 saturated heterocycles. The third-order valence-corrected chi connectivity index (χ3v) is 4.11. The summed E-state index contributed by atoms with van der Waals surface area (Å²) in [6, 6.07) is 5.48. The van der Waals surface area contributed by atoms with Crippen LogP contribution in [0.1, 0.15) is 24.4 Å². The summed E-state index contributed by atoms with van der Waals surface area (Å²) < 4.78 is 0. The molecule has 0 amide bonds. The number of nitrogens with one attached hydrogen (secondary N) is 1. The van der Waals surface area contributed by atoms with Crippen LogP contribution in [0.3, 0.4) is 0 Å². The van der Waals surface area contributed by atoms with Crippen molar-refractivity contribution in [1.82, 2.24) is 15.5 Å². The molecule has 112 valence electrons. The minimum Gasteiger partial charge on any atom is -0.314 e. The summed E-state index contributed by atoms with van der Waals surface area (Å²) in [7, 11) is 0. The Labute approximate surface area is 127 Å². The molecule has 7 heteroatoms. The lowest BCUT2D eigenvalue weighted by molar-refractivity contribution is -0.385. The van der Waals surface area contributed by atoms with Gasteiger partial charge in [-0.2, -0.15) is 0 Å². The molecule has 0 saturated carbocycles. The Morgan fingerprint density at radius 3 is 2.81 bits per heavy atom. The van der Waals surface area contributed by atoms with Gasteiger partial charge in [0.1, 0.15) is 10.0 Å². The minimum atomic E-state index is -0.368. The first-order valence-electron chi connectivity index (χ1n) is 6.79. The first-order chi connectivity index (χ1) is 9.99. The zero-order valence-electron chi connectivity index (χ0n) is 12.3. The number of hydrogen-bond donors (Lipinski definition) is 1. The molecule has 0 aliphatic carbocycles. The first-order valence-corrected chi connectivity index (χ1v) is 7.61. The number of rotatable bonds is 6. The summed E-state index contributed by atoms with van der Waals surface area (Å²) in [5.74, 6) is 0. The van der Waals surface area contributed by atoms with Crippen LogP contribution >= 0.6 is 11.3 Å². The van der Waals surface area contributed by atoms with E-state index in [1.165, 1.54) is 17.4 Å². The van der Waals surface area contributed by atoms with Gasteiger partial charge in [-0.1, -0.05) is 37.3 Å². The van der Waals surface area contributed by atoms with E-state index in [0.717, 1.165) is 28.5 Å². The Morgan fingerprint density at radius 2 is 2.14 bits per heavy atom. The molecule has 2 rings (SSSR count). The average molecular weight is 306 g/mol. The van der Waals surface area contributed by atoms with Gasteiger partial charge in [0, 0.05) is 36.2 Å². The highest BCUT2D eigenvalue weighted by molar-refractivity contribution is 7.14. The van der Waals surface area contributed by atoms with Crippen molar-refractivity contribution in [2.24, 2.45) is 0 Å². The topological polar surface area (TPSA) is 81.0 Å². The van der Waals surface area contributed by atoms with Gasteiger partial charge < -0.3 is 5.32 Å². The molecule has 2 aromatic rings. The number of benzene rings is 1. The summed E-state index contributed by atoms with van der Waals surface area (Å²) in [6.45, 7) is 6.78. The number of nitro groups is 1. The summed E-state index contributed by atoms with van der Waals surface area (Å²) in [4.78, 5) is 10.6. The van der Waals surface area contributed by atoms with E-state index in [1.807, 2.05) is 6.07 Å². The van der Waals surface area contributed by atoms with Gasteiger partial charge in [-0.05, 0) is 6.92 Å². The van der Waals surface area contributed by atoms with Crippen LogP contribution in [0.2, 0.25) is 0 Å². The Morgan fingerprint density at radius 1 is 1.38 bits per heavy atom. The fourth-order valence-corrected chi connectivity index (χ4v) is 2.91. The van der Waals surface area contributed by atoms with Gasteiger partial charge in [0.15, 0.2) is 0 Å². The van der Waals surface area contributed by atoms with Crippen LogP contribution in [0.4, 0.5) is 5.69 Å². The zero-order chi connectivity index (χ0) is 15.4. The van der Waals surface area contributed by atoms with Crippen LogP contribution in [-0.4, -0.2) is 27.7 Å². The molecule has 0 spiro atoms. The molecule has 0 unspecified atom stereocenters. The fraction of sp³-hybridized carbons (Fsp3) is 0.429. The lowest BCUT2D eigenvalue weighted by atomic mass is 10.1. The van der Waals surface area contributed by atoms with Gasteiger partial charge in [0.05, 0.1) is 4.92 Å². The normalized spacial score (nSPS) is 11.0. The van der Waals surface area contributed by atoms with Crippen molar-refractivity contribution >= 4 is 17.0 Å². The summed E-state index contributed by atoms with van der Waals surface area (Å²) in [6.07, 6.45) is 0.809. The number of nitrogens with zero attached hydrogens (tertiary/aromatic N) is 3. The van der Waals surface area contributed by atoms with Crippen LogP contribution in [0.5, 0.6) is 0 Å². The van der Waals surface area contributed by atoms with E-state index in [2.05, 4.69) is 29.4 Å². The van der Waals surface area contributed by atoms with Gasteiger partial charge >= 0.3 is 0 Å². The lowest BCUT2D eigenvalue weighted by Gasteiger charge is -2.05. The van der Waals surface area contributed by atoms with E-state index >= 15 is 0 Å². The maximum atomic E-state index is 11.0. The van der Waals surface area contributed by atoms with Crippen LogP contribution in [0.15, 0.2) is 18.2 Å². The molecule has 0 aliphatic rings. The van der Waals surface area contributed by atoms with Crippen LogP contribution in [-0.2, 0) is 6.42 Å². The molecule has 1 N–H and O–H groups in total. The van der Waals surface area contributed by atoms with Crippen molar-refractivity contribution in [1.29, 1.82) is 0 Å². The molecule has 0 bridgehead atoms. The Hall–Kier alpha value is -1.86. The molecule has 0 aliphatic heterocycles. The molecule has 1 aromatic heterocycles. The monoisotopic (exact) mass is 306 g/mol. The second-order valence-corrected chi connectivity index (χ2v) is 6.13. The predicted octanol–water partition coefficient (Wildman–Crippen LogP) is 2.96. The maximum absolute atomic E-state index is 11.0. The van der Waals surface area contributed by atoms with Crippen LogP contribution in [0.25, 0.3) is 10.6 Å². The van der Waals surface area contributed by atoms with Crippen molar-refractivity contribution in [2.45, 2.75) is 33.2 Å². The van der Waals surface area contributed by atoms with E-state index in [9.17, 15) is 10.1 Å². The zero-order valence-corrected chi connectivity index (χ0v) is 13.1. The van der Waals surface area contributed by atoms with E-state index in [0.29, 0.717) is 11.6 Å².